The van der Waals surface area contributed by atoms with E-state index in [0.29, 0.717) is 5.75 Å². The maximum absolute atomic E-state index is 12.6. The second-order valence-electron chi connectivity index (χ2n) is 14.1. The van der Waals surface area contributed by atoms with E-state index in [0.717, 1.165) is 40.0 Å². The van der Waals surface area contributed by atoms with Crippen LogP contribution in [0.3, 0.4) is 0 Å². The fourth-order valence-corrected chi connectivity index (χ4v) is 7.95. The summed E-state index contributed by atoms with van der Waals surface area (Å²) in [6, 6.07) is 0. The number of aliphatic hydroxyl groups is 3. The number of fused-ring (bicyclic) bond motifs is 1. The van der Waals surface area contributed by atoms with Crippen molar-refractivity contribution in [1.82, 2.24) is 30.2 Å². The Hall–Kier alpha value is -2.52. The molecule has 332 valence electrons. The summed E-state index contributed by atoms with van der Waals surface area (Å²) in [5, 5.41) is 34.4. The first-order chi connectivity index (χ1) is 26.6. The van der Waals surface area contributed by atoms with Crippen LogP contribution in [0, 0.1) is 5.41 Å². The van der Waals surface area contributed by atoms with E-state index in [9.17, 15) is 57.9 Å². The van der Waals surface area contributed by atoms with Crippen LogP contribution in [-0.2, 0) is 50.7 Å². The minimum absolute atomic E-state index is 0.0310. The zero-order valence-corrected chi connectivity index (χ0v) is 35.9. The van der Waals surface area contributed by atoms with Crippen LogP contribution in [0.15, 0.2) is 12.7 Å². The Kier molecular flexibility index (Phi) is 19.4. The number of amides is 2. The average molecular weight is 914 g/mol. The summed E-state index contributed by atoms with van der Waals surface area (Å²) < 4.78 is 62.7. The van der Waals surface area contributed by atoms with E-state index < -0.39 is 84.6 Å². The van der Waals surface area contributed by atoms with Crippen molar-refractivity contribution in [2.75, 3.05) is 72.1 Å². The number of ether oxygens (including phenoxy) is 1. The molecule has 2 aromatic heterocycles. The van der Waals surface area contributed by atoms with Gasteiger partial charge in [-0.2, -0.15) is 4.31 Å². The third-order valence-electron chi connectivity index (χ3n) is 7.58. The van der Waals surface area contributed by atoms with E-state index in [-0.39, 0.29) is 48.2 Å². The van der Waals surface area contributed by atoms with Crippen molar-refractivity contribution in [2.45, 2.75) is 57.8 Å². The summed E-state index contributed by atoms with van der Waals surface area (Å²) in [6.07, 6.45) is -6.88. The molecule has 1 fully saturated rings. The molecule has 2 amide bonds. The number of imidazole rings is 1. The molecule has 30 heteroatoms. The number of aromatic nitrogens is 4. The van der Waals surface area contributed by atoms with Gasteiger partial charge in [-0.3, -0.25) is 32.5 Å². The SMILES string of the molecule is CC(=O)SCCNC(=O)CCNC(=O)C(O)C(C)(C)COP(=O)(O)OP(=O)(O)OC[C@H]1O[C@@H](n2cnc3c(N)ncnc32)[C@H](O)[C@@H]1OP(=O)(O)O.C[N+](C)(C)CCO. The van der Waals surface area contributed by atoms with Gasteiger partial charge in [0, 0.05) is 37.6 Å². The average Bonchev–Trinajstić information content (AvgIpc) is 3.64. The molecule has 3 unspecified atom stereocenters. The van der Waals surface area contributed by atoms with Crippen LogP contribution in [0.25, 0.3) is 11.2 Å². The van der Waals surface area contributed by atoms with Gasteiger partial charge in [0.1, 0.15) is 42.8 Å². The number of nitrogen functional groups attached to an aromatic ring is 1. The van der Waals surface area contributed by atoms with Gasteiger partial charge in [0.25, 0.3) is 0 Å². The Morgan fingerprint density at radius 2 is 1.69 bits per heavy atom. The summed E-state index contributed by atoms with van der Waals surface area (Å²) in [5.41, 5.74) is 4.26. The maximum atomic E-state index is 12.6. The molecule has 2 aromatic rings. The van der Waals surface area contributed by atoms with Gasteiger partial charge in [-0.1, -0.05) is 25.6 Å². The van der Waals surface area contributed by atoms with Crippen LogP contribution in [0.2, 0.25) is 0 Å². The number of hydrogen-bond acceptors (Lipinski definition) is 19. The summed E-state index contributed by atoms with van der Waals surface area (Å²) in [4.78, 5) is 85.9. The number of rotatable bonds is 21. The summed E-state index contributed by atoms with van der Waals surface area (Å²) >= 11 is 1.03. The van der Waals surface area contributed by atoms with Gasteiger partial charge >= 0.3 is 23.5 Å². The Morgan fingerprint density at radius 1 is 1.05 bits per heavy atom. The van der Waals surface area contributed by atoms with E-state index in [1.165, 1.54) is 20.8 Å². The number of thioether (sulfide) groups is 1. The normalized spacial score (nSPS) is 21.3. The molecule has 7 atom stereocenters. The number of carbonyl (C=O) groups excluding carboxylic acids is 3. The molecular formula is C28H52N8O18P3S+. The molecular weight excluding hydrogens is 861 g/mol. The number of carbonyl (C=O) groups is 3. The standard InChI is InChI=1S/C23H38N7O17P3S.C5H14NO/c1-12(31)51-7-6-25-14(32)4-5-26-21(35)18(34)23(2,3)9-44-50(41,42)47-49(39,40)43-8-13-17(46-48(36,37)38)16(33)22(45-13)30-11-29-15-19(24)27-10-28-20(15)30;1-6(2,3)4-5-7/h10-11,13,16-18,22,33-34H,4-9H2,1-3H3,(H,25,32)(H,26,35)(H,39,40)(H,41,42)(H2,24,27,28)(H2,36,37,38);7H,4-5H2,1-3H3/q;+1/t13-,16-,17-,18?,22-;/m1./s1. The summed E-state index contributed by atoms with van der Waals surface area (Å²) in [6.45, 7) is 3.02. The molecule has 1 saturated heterocycles. The number of nitrogens with zero attached hydrogens (tertiary/aromatic N) is 5. The zero-order chi connectivity index (χ0) is 44.3. The van der Waals surface area contributed by atoms with Crippen LogP contribution >= 0.6 is 35.2 Å². The predicted molar refractivity (Wildman–Crippen MR) is 203 cm³/mol. The minimum Gasteiger partial charge on any atom is -0.391 e. The van der Waals surface area contributed by atoms with E-state index >= 15 is 0 Å². The van der Waals surface area contributed by atoms with Gasteiger partial charge in [-0.25, -0.2) is 28.6 Å². The van der Waals surface area contributed by atoms with Gasteiger partial charge < -0.3 is 60.5 Å². The highest BCUT2D eigenvalue weighted by atomic mass is 32.2. The smallest absolute Gasteiger partial charge is 0.391 e. The Labute approximate surface area is 336 Å². The lowest BCUT2D eigenvalue weighted by Gasteiger charge is -2.30. The molecule has 58 heavy (non-hydrogen) atoms. The lowest BCUT2D eigenvalue weighted by molar-refractivity contribution is -0.870. The Balaban J connectivity index is 0.00000151. The van der Waals surface area contributed by atoms with E-state index in [1.54, 1.807) is 0 Å². The number of phosphoric acid groups is 3. The quantitative estimate of drug-likeness (QED) is 0.0382. The van der Waals surface area contributed by atoms with Crippen molar-refractivity contribution in [3.05, 3.63) is 12.7 Å². The third kappa shape index (κ3) is 17.6. The molecule has 0 saturated carbocycles. The first kappa shape index (κ1) is 51.6. The zero-order valence-electron chi connectivity index (χ0n) is 32.4. The Morgan fingerprint density at radius 3 is 2.26 bits per heavy atom. The molecule has 0 radical (unpaired) electrons. The summed E-state index contributed by atoms with van der Waals surface area (Å²) in [5.74, 6) is -1.08. The second-order valence-corrected chi connectivity index (χ2v) is 19.7. The number of anilines is 1. The molecule has 0 spiro atoms. The Bertz CT molecular complexity index is 1850. The van der Waals surface area contributed by atoms with Gasteiger partial charge in [0.05, 0.1) is 47.3 Å². The van der Waals surface area contributed by atoms with Crippen LogP contribution < -0.4 is 16.4 Å². The van der Waals surface area contributed by atoms with E-state index in [4.69, 9.17) is 24.6 Å². The van der Waals surface area contributed by atoms with E-state index in [1.807, 2.05) is 0 Å². The van der Waals surface area contributed by atoms with Gasteiger partial charge in [0.2, 0.25) is 11.8 Å². The lowest BCUT2D eigenvalue weighted by Crippen LogP contribution is -2.46. The van der Waals surface area contributed by atoms with Crippen molar-refractivity contribution >= 4 is 69.1 Å². The number of phosphoric ester groups is 3. The molecule has 26 nitrogen and oxygen atoms in total. The number of hydrogen-bond donors (Lipinski definition) is 10. The number of nitrogens with two attached hydrogens (primary N) is 1. The van der Waals surface area contributed by atoms with Crippen molar-refractivity contribution in [3.8, 4) is 0 Å². The van der Waals surface area contributed by atoms with E-state index in [2.05, 4.69) is 55.6 Å². The number of quaternary nitrogens is 1. The molecule has 1 aliphatic heterocycles. The molecule has 0 aromatic carbocycles. The largest absolute Gasteiger partial charge is 0.481 e. The first-order valence-corrected chi connectivity index (χ1v) is 22.5. The molecule has 3 rings (SSSR count). The highest BCUT2D eigenvalue weighted by Crippen LogP contribution is 2.61. The number of nitrogens with one attached hydrogen (secondary N) is 2. The third-order valence-corrected chi connectivity index (χ3v) is 11.5. The van der Waals surface area contributed by atoms with Crippen LogP contribution in [0.1, 0.15) is 33.4 Å². The number of likely N-dealkylation sites (N-methyl/N-ethyl adjacent to an activating group) is 1. The predicted octanol–water partition coefficient (Wildman–Crippen LogP) is -1.63. The highest BCUT2D eigenvalue weighted by molar-refractivity contribution is 8.13. The van der Waals surface area contributed by atoms with Crippen LogP contribution in [0.4, 0.5) is 5.82 Å². The minimum atomic E-state index is -5.56. The van der Waals surface area contributed by atoms with Gasteiger partial charge in [-0.15, -0.1) is 0 Å². The molecule has 11 N–H and O–H groups in total. The topological polar surface area (TPSA) is 384 Å². The van der Waals surface area contributed by atoms with Crippen molar-refractivity contribution in [1.29, 1.82) is 0 Å². The molecule has 3 heterocycles. The summed E-state index contributed by atoms with van der Waals surface area (Å²) in [7, 11) is -10.2. The monoisotopic (exact) mass is 913 g/mol. The number of aliphatic hydroxyl groups excluding tert-OH is 3. The molecule has 0 bridgehead atoms. The fourth-order valence-electron chi connectivity index (χ4n) is 4.62. The van der Waals surface area contributed by atoms with Gasteiger partial charge in [0.15, 0.2) is 22.8 Å². The van der Waals surface area contributed by atoms with Crippen molar-refractivity contribution < 1.29 is 90.1 Å². The van der Waals surface area contributed by atoms with Crippen molar-refractivity contribution in [3.63, 3.8) is 0 Å². The highest BCUT2D eigenvalue weighted by Gasteiger charge is 2.50. The van der Waals surface area contributed by atoms with Crippen LogP contribution in [-0.4, -0.2) is 167 Å². The van der Waals surface area contributed by atoms with Crippen molar-refractivity contribution in [2.24, 2.45) is 5.41 Å². The fraction of sp³-hybridized carbons (Fsp3) is 0.714. The molecule has 1 aliphatic rings. The molecule has 0 aliphatic carbocycles. The maximum Gasteiger partial charge on any atom is 0.481 e. The van der Waals surface area contributed by atoms with Crippen LogP contribution in [0.5, 0.6) is 0 Å². The van der Waals surface area contributed by atoms with Gasteiger partial charge in [-0.05, 0) is 0 Å². The first-order valence-electron chi connectivity index (χ1n) is 17.0. The lowest BCUT2D eigenvalue weighted by atomic mass is 9.87. The second kappa shape index (κ2) is 21.8.